The molecule has 0 radical (unpaired) electrons. The van der Waals surface area contributed by atoms with Crippen LogP contribution < -0.4 is 14.4 Å². The number of anilines is 1. The Bertz CT molecular complexity index is 1360. The van der Waals surface area contributed by atoms with Crippen LogP contribution in [0.5, 0.6) is 11.8 Å². The van der Waals surface area contributed by atoms with Crippen LogP contribution in [0.1, 0.15) is 37.0 Å². The third kappa shape index (κ3) is 5.10. The van der Waals surface area contributed by atoms with Crippen molar-refractivity contribution in [2.75, 3.05) is 38.8 Å². The fraction of sp³-hybridized carbons (Fsp3) is 0.545. The third-order valence-electron chi connectivity index (χ3n) is 6.46. The first kappa shape index (κ1) is 26.1. The first-order chi connectivity index (χ1) is 18.3. The van der Waals surface area contributed by atoms with Gasteiger partial charge in [0.2, 0.25) is 17.7 Å². The van der Waals surface area contributed by atoms with E-state index in [4.69, 9.17) is 14.2 Å². The summed E-state index contributed by atoms with van der Waals surface area (Å²) in [6, 6.07) is 0. The lowest BCUT2D eigenvalue weighted by molar-refractivity contribution is 0.103. The smallest absolute Gasteiger partial charge is 0.245 e. The third-order valence-corrected chi connectivity index (χ3v) is 8.47. The fourth-order valence-corrected chi connectivity index (χ4v) is 6.42. The van der Waals surface area contributed by atoms with Crippen LogP contribution >= 0.6 is 0 Å². The second-order valence-electron chi connectivity index (χ2n) is 8.98. The minimum absolute atomic E-state index is 0.00779. The van der Waals surface area contributed by atoms with Gasteiger partial charge < -0.3 is 24.2 Å². The second kappa shape index (κ2) is 10.7. The van der Waals surface area contributed by atoms with Crippen molar-refractivity contribution >= 4 is 15.8 Å². The number of aliphatic hydroxyl groups is 1. The van der Waals surface area contributed by atoms with Gasteiger partial charge in [-0.05, 0) is 19.3 Å². The molecule has 2 aliphatic heterocycles. The Morgan fingerprint density at radius 3 is 2.45 bits per heavy atom. The van der Waals surface area contributed by atoms with Crippen LogP contribution in [0.4, 0.5) is 10.3 Å². The molecule has 5 rings (SSSR count). The Labute approximate surface area is 217 Å². The molecule has 1 N–H and O–H groups in total. The van der Waals surface area contributed by atoms with E-state index in [0.717, 1.165) is 18.8 Å². The van der Waals surface area contributed by atoms with Crippen LogP contribution in [0, 0.1) is 5.82 Å². The first-order valence-electron chi connectivity index (χ1n) is 11.9. The van der Waals surface area contributed by atoms with Gasteiger partial charge in [0.15, 0.2) is 33.0 Å². The number of aromatic nitrogens is 7. The number of hydrogen-bond acceptors (Lipinski definition) is 13. The van der Waals surface area contributed by atoms with E-state index in [9.17, 15) is 17.9 Å². The van der Waals surface area contributed by atoms with Crippen molar-refractivity contribution in [2.24, 2.45) is 0 Å². The van der Waals surface area contributed by atoms with Gasteiger partial charge in [0, 0.05) is 19.7 Å². The van der Waals surface area contributed by atoms with E-state index in [2.05, 4.69) is 30.1 Å². The Balaban J connectivity index is 1.51. The molecule has 0 aliphatic carbocycles. The van der Waals surface area contributed by atoms with Crippen molar-refractivity contribution in [1.82, 2.24) is 34.7 Å². The van der Waals surface area contributed by atoms with Crippen LogP contribution in [0.3, 0.4) is 0 Å². The highest BCUT2D eigenvalue weighted by Gasteiger charge is 2.38. The SMILES string of the molecule is COc1ncnc(OC)c1-n1c(CS(=O)(=O)[C@@H]2C[C@H](O)CN(c3ncc(F)cn3)C2)nnc1[C@H]1CCCO1. The normalized spacial score (nSPS) is 22.0. The molecule has 16 heteroatoms. The number of ether oxygens (including phenoxy) is 3. The molecule has 204 valence electrons. The molecule has 2 aliphatic rings. The highest BCUT2D eigenvalue weighted by Crippen LogP contribution is 2.36. The van der Waals surface area contributed by atoms with Crippen molar-refractivity contribution in [3.05, 3.63) is 36.2 Å². The summed E-state index contributed by atoms with van der Waals surface area (Å²) in [5.74, 6) is -0.249. The van der Waals surface area contributed by atoms with E-state index >= 15 is 0 Å². The molecular weight excluding hydrogens is 523 g/mol. The summed E-state index contributed by atoms with van der Waals surface area (Å²) in [5.41, 5.74) is 0.253. The standard InChI is InChI=1S/C22H27FN8O6S/c1-35-20-18(21(36-2)27-12-26-20)31-17(28-29-19(31)16-4-3-5-37-16)11-38(33,34)15-6-14(32)9-30(10-15)22-24-7-13(23)8-25-22/h7-8,12,14-16,32H,3-6,9-11H2,1-2H3/t14-,15+,16+/m0/s1. The molecule has 0 amide bonds. The van der Waals surface area contributed by atoms with E-state index in [-0.39, 0.29) is 48.7 Å². The van der Waals surface area contributed by atoms with Gasteiger partial charge >= 0.3 is 0 Å². The van der Waals surface area contributed by atoms with Crippen LogP contribution in [-0.2, 0) is 20.3 Å². The number of hydrogen-bond donors (Lipinski definition) is 1. The molecule has 0 saturated carbocycles. The van der Waals surface area contributed by atoms with Gasteiger partial charge in [-0.25, -0.2) is 22.8 Å². The lowest BCUT2D eigenvalue weighted by Gasteiger charge is -2.35. The Hall–Kier alpha value is -3.50. The van der Waals surface area contributed by atoms with Crippen LogP contribution in [0.2, 0.25) is 0 Å². The summed E-state index contributed by atoms with van der Waals surface area (Å²) in [4.78, 5) is 17.7. The number of halogens is 1. The maximum absolute atomic E-state index is 13.7. The van der Waals surface area contributed by atoms with E-state index in [0.29, 0.717) is 18.9 Å². The molecule has 2 fully saturated rings. The van der Waals surface area contributed by atoms with Gasteiger partial charge in [0.25, 0.3) is 0 Å². The van der Waals surface area contributed by atoms with E-state index in [1.165, 1.54) is 30.0 Å². The minimum Gasteiger partial charge on any atom is -0.479 e. The number of sulfone groups is 1. The number of nitrogens with zero attached hydrogens (tertiary/aromatic N) is 8. The molecule has 14 nitrogen and oxygen atoms in total. The van der Waals surface area contributed by atoms with Gasteiger partial charge in [0.1, 0.15) is 18.2 Å². The summed E-state index contributed by atoms with van der Waals surface area (Å²) in [5, 5.41) is 18.0. The molecule has 0 unspecified atom stereocenters. The molecule has 3 aromatic heterocycles. The predicted octanol–water partition coefficient (Wildman–Crippen LogP) is 0.410. The summed E-state index contributed by atoms with van der Waals surface area (Å²) < 4.78 is 58.9. The van der Waals surface area contributed by atoms with Gasteiger partial charge in [-0.15, -0.1) is 10.2 Å². The highest BCUT2D eigenvalue weighted by molar-refractivity contribution is 7.91. The summed E-state index contributed by atoms with van der Waals surface area (Å²) in [6.45, 7) is 0.664. The molecule has 0 bridgehead atoms. The average Bonchev–Trinajstić information content (AvgIpc) is 3.58. The van der Waals surface area contributed by atoms with Crippen molar-refractivity contribution in [2.45, 2.75) is 42.5 Å². The van der Waals surface area contributed by atoms with Crippen molar-refractivity contribution in [1.29, 1.82) is 0 Å². The summed E-state index contributed by atoms with van der Waals surface area (Å²) >= 11 is 0. The Morgan fingerprint density at radius 2 is 1.82 bits per heavy atom. The lowest BCUT2D eigenvalue weighted by atomic mass is 10.1. The maximum atomic E-state index is 13.7. The van der Waals surface area contributed by atoms with E-state index in [1.807, 2.05) is 0 Å². The number of β-amino-alcohol motifs (C(OH)–C–C–N with tert-alkyl or cyclic N) is 1. The van der Waals surface area contributed by atoms with Crippen molar-refractivity contribution in [3.8, 4) is 17.4 Å². The number of piperidine rings is 1. The molecule has 0 aromatic carbocycles. The molecule has 3 atom stereocenters. The Kier molecular flexibility index (Phi) is 7.36. The van der Waals surface area contributed by atoms with E-state index < -0.39 is 38.9 Å². The largest absolute Gasteiger partial charge is 0.479 e. The topological polar surface area (TPSA) is 168 Å². The van der Waals surface area contributed by atoms with Gasteiger partial charge in [-0.3, -0.25) is 4.57 Å². The van der Waals surface area contributed by atoms with Crippen molar-refractivity contribution < 1.29 is 32.1 Å². The van der Waals surface area contributed by atoms with Crippen LogP contribution in [-0.4, -0.2) is 93.5 Å². The van der Waals surface area contributed by atoms with Crippen LogP contribution in [0.15, 0.2) is 18.7 Å². The quantitative estimate of drug-likeness (QED) is 0.410. The molecular formula is C22H27FN8O6S. The van der Waals surface area contributed by atoms with Gasteiger partial charge in [-0.2, -0.15) is 9.97 Å². The van der Waals surface area contributed by atoms with E-state index in [1.54, 1.807) is 0 Å². The Morgan fingerprint density at radius 1 is 1.11 bits per heavy atom. The molecule has 38 heavy (non-hydrogen) atoms. The zero-order chi connectivity index (χ0) is 26.9. The monoisotopic (exact) mass is 550 g/mol. The van der Waals surface area contributed by atoms with Crippen molar-refractivity contribution in [3.63, 3.8) is 0 Å². The zero-order valence-corrected chi connectivity index (χ0v) is 21.6. The molecule has 0 spiro atoms. The number of aliphatic hydroxyl groups excluding tert-OH is 1. The maximum Gasteiger partial charge on any atom is 0.245 e. The number of rotatable bonds is 8. The van der Waals surface area contributed by atoms with Gasteiger partial charge in [0.05, 0.1) is 38.0 Å². The number of methoxy groups -OCH3 is 2. The zero-order valence-electron chi connectivity index (χ0n) is 20.8. The minimum atomic E-state index is -3.92. The molecule has 5 heterocycles. The molecule has 3 aromatic rings. The first-order valence-corrected chi connectivity index (χ1v) is 13.6. The highest BCUT2D eigenvalue weighted by atomic mass is 32.2. The van der Waals surface area contributed by atoms with Crippen LogP contribution in [0.25, 0.3) is 5.69 Å². The fourth-order valence-electron chi connectivity index (χ4n) is 4.71. The second-order valence-corrected chi connectivity index (χ2v) is 11.3. The summed E-state index contributed by atoms with van der Waals surface area (Å²) in [7, 11) is -1.07. The lowest BCUT2D eigenvalue weighted by Crippen LogP contribution is -2.49. The average molecular weight is 551 g/mol. The summed E-state index contributed by atoms with van der Waals surface area (Å²) in [6.07, 6.45) is 3.36. The molecule has 2 saturated heterocycles. The van der Waals surface area contributed by atoms with Gasteiger partial charge in [-0.1, -0.05) is 0 Å². The predicted molar refractivity (Wildman–Crippen MR) is 129 cm³/mol.